The summed E-state index contributed by atoms with van der Waals surface area (Å²) in [6, 6.07) is 20.2. The van der Waals surface area contributed by atoms with Gasteiger partial charge < -0.3 is 19.5 Å². The number of aryl methyl sites for hydroxylation is 1. The molecule has 5 heteroatoms. The second-order valence-corrected chi connectivity index (χ2v) is 7.70. The molecule has 0 saturated heterocycles. The van der Waals surface area contributed by atoms with Crippen LogP contribution < -0.4 is 19.5 Å². The predicted octanol–water partition coefficient (Wildman–Crippen LogP) is 5.97. The Balaban J connectivity index is 1.63. The summed E-state index contributed by atoms with van der Waals surface area (Å²) in [5, 5.41) is 4.03. The van der Waals surface area contributed by atoms with Crippen molar-refractivity contribution in [2.24, 2.45) is 0 Å². The number of para-hydroxylation sites is 1. The highest BCUT2D eigenvalue weighted by molar-refractivity contribution is 6.32. The van der Waals surface area contributed by atoms with Crippen molar-refractivity contribution >= 4 is 11.6 Å². The molecule has 0 fully saturated rings. The fraction of sp³-hybridized carbons (Fsp3) is 0.308. The topological polar surface area (TPSA) is 39.7 Å². The van der Waals surface area contributed by atoms with E-state index in [0.29, 0.717) is 36.3 Å². The van der Waals surface area contributed by atoms with Crippen LogP contribution in [0.25, 0.3) is 0 Å². The Bertz CT molecular complexity index is 990. The van der Waals surface area contributed by atoms with Gasteiger partial charge in [-0.1, -0.05) is 54.1 Å². The van der Waals surface area contributed by atoms with E-state index < -0.39 is 0 Å². The molecule has 0 aromatic heterocycles. The molecule has 0 aliphatic carbocycles. The molecule has 3 rings (SSSR count). The molecular formula is C26H30ClNO3. The van der Waals surface area contributed by atoms with Crippen molar-refractivity contribution in [3.8, 4) is 17.2 Å². The lowest BCUT2D eigenvalue weighted by atomic mass is 10.1. The quantitative estimate of drug-likeness (QED) is 0.374. The zero-order valence-electron chi connectivity index (χ0n) is 18.4. The van der Waals surface area contributed by atoms with Gasteiger partial charge >= 0.3 is 0 Å². The van der Waals surface area contributed by atoms with Crippen LogP contribution in [0.1, 0.15) is 29.2 Å². The van der Waals surface area contributed by atoms with Crippen molar-refractivity contribution in [3.63, 3.8) is 0 Å². The van der Waals surface area contributed by atoms with Gasteiger partial charge in [0, 0.05) is 6.54 Å². The van der Waals surface area contributed by atoms with Crippen LogP contribution in [-0.4, -0.2) is 20.3 Å². The van der Waals surface area contributed by atoms with Crippen LogP contribution in [0, 0.1) is 6.92 Å². The number of benzene rings is 3. The summed E-state index contributed by atoms with van der Waals surface area (Å²) in [5.74, 6) is 2.18. The van der Waals surface area contributed by atoms with E-state index >= 15 is 0 Å². The van der Waals surface area contributed by atoms with E-state index in [1.807, 2.05) is 49.4 Å². The molecule has 164 valence electrons. The molecule has 0 saturated carbocycles. The number of methoxy groups -OCH3 is 1. The van der Waals surface area contributed by atoms with Gasteiger partial charge in [-0.25, -0.2) is 0 Å². The SMILES string of the molecule is CCOc1cc(CNCCc2ccccc2OC)cc(Cl)c1OCc1ccccc1C. The van der Waals surface area contributed by atoms with Gasteiger partial charge in [0.25, 0.3) is 0 Å². The van der Waals surface area contributed by atoms with E-state index in [2.05, 4.69) is 30.4 Å². The summed E-state index contributed by atoms with van der Waals surface area (Å²) in [7, 11) is 1.70. The predicted molar refractivity (Wildman–Crippen MR) is 127 cm³/mol. The van der Waals surface area contributed by atoms with Crippen molar-refractivity contribution in [3.05, 3.63) is 87.9 Å². The Morgan fingerprint density at radius 1 is 0.903 bits per heavy atom. The maximum absolute atomic E-state index is 6.58. The lowest BCUT2D eigenvalue weighted by Crippen LogP contribution is -2.17. The summed E-state index contributed by atoms with van der Waals surface area (Å²) < 4.78 is 17.3. The van der Waals surface area contributed by atoms with Gasteiger partial charge in [0.15, 0.2) is 11.5 Å². The monoisotopic (exact) mass is 439 g/mol. The molecule has 0 bridgehead atoms. The molecule has 0 atom stereocenters. The minimum atomic E-state index is 0.447. The van der Waals surface area contributed by atoms with Crippen LogP contribution in [0.4, 0.5) is 0 Å². The van der Waals surface area contributed by atoms with Gasteiger partial charge in [-0.05, 0) is 67.3 Å². The Kier molecular flexibility index (Phi) is 8.63. The molecule has 0 heterocycles. The summed E-state index contributed by atoms with van der Waals surface area (Å²) in [5.41, 5.74) is 4.55. The van der Waals surface area contributed by atoms with E-state index in [4.69, 9.17) is 25.8 Å². The fourth-order valence-electron chi connectivity index (χ4n) is 3.41. The summed E-state index contributed by atoms with van der Waals surface area (Å²) in [6.45, 7) is 6.53. The maximum atomic E-state index is 6.58. The number of hydrogen-bond acceptors (Lipinski definition) is 4. The first-order valence-corrected chi connectivity index (χ1v) is 10.9. The van der Waals surface area contributed by atoms with E-state index in [1.165, 1.54) is 11.1 Å². The summed E-state index contributed by atoms with van der Waals surface area (Å²) in [4.78, 5) is 0. The highest BCUT2D eigenvalue weighted by atomic mass is 35.5. The Morgan fingerprint density at radius 3 is 2.39 bits per heavy atom. The van der Waals surface area contributed by atoms with Crippen molar-refractivity contribution in [2.45, 2.75) is 33.4 Å². The van der Waals surface area contributed by atoms with Gasteiger partial charge in [-0.2, -0.15) is 0 Å². The van der Waals surface area contributed by atoms with Crippen LogP contribution in [-0.2, 0) is 19.6 Å². The van der Waals surface area contributed by atoms with Gasteiger partial charge in [-0.3, -0.25) is 0 Å². The van der Waals surface area contributed by atoms with E-state index in [-0.39, 0.29) is 0 Å². The highest BCUT2D eigenvalue weighted by Gasteiger charge is 2.13. The number of rotatable bonds is 11. The standard InChI is InChI=1S/C26H30ClNO3/c1-4-30-25-16-20(17-28-14-13-21-10-7-8-12-24(21)29-3)15-23(27)26(25)31-18-22-11-6-5-9-19(22)2/h5-12,15-16,28H,4,13-14,17-18H2,1-3H3. The first kappa shape index (κ1) is 23.0. The van der Waals surface area contributed by atoms with E-state index in [1.54, 1.807) is 7.11 Å². The minimum absolute atomic E-state index is 0.447. The smallest absolute Gasteiger partial charge is 0.180 e. The minimum Gasteiger partial charge on any atom is -0.496 e. The van der Waals surface area contributed by atoms with Crippen LogP contribution in [0.15, 0.2) is 60.7 Å². The Morgan fingerprint density at radius 2 is 1.65 bits per heavy atom. The van der Waals surface area contributed by atoms with Crippen molar-refractivity contribution in [2.75, 3.05) is 20.3 Å². The first-order chi connectivity index (χ1) is 15.1. The zero-order chi connectivity index (χ0) is 22.1. The molecule has 1 N–H and O–H groups in total. The van der Waals surface area contributed by atoms with E-state index in [9.17, 15) is 0 Å². The zero-order valence-corrected chi connectivity index (χ0v) is 19.2. The van der Waals surface area contributed by atoms with Crippen molar-refractivity contribution in [1.82, 2.24) is 5.32 Å². The van der Waals surface area contributed by atoms with Crippen LogP contribution >= 0.6 is 11.6 Å². The van der Waals surface area contributed by atoms with E-state index in [0.717, 1.165) is 29.8 Å². The summed E-state index contributed by atoms with van der Waals surface area (Å²) >= 11 is 6.58. The molecule has 0 unspecified atom stereocenters. The van der Waals surface area contributed by atoms with Gasteiger partial charge in [0.05, 0.1) is 18.7 Å². The lowest BCUT2D eigenvalue weighted by molar-refractivity contribution is 0.269. The fourth-order valence-corrected chi connectivity index (χ4v) is 3.70. The van der Waals surface area contributed by atoms with Gasteiger partial charge in [-0.15, -0.1) is 0 Å². The molecule has 0 aliphatic heterocycles. The molecule has 4 nitrogen and oxygen atoms in total. The average molecular weight is 440 g/mol. The highest BCUT2D eigenvalue weighted by Crippen LogP contribution is 2.37. The normalized spacial score (nSPS) is 10.7. The summed E-state index contributed by atoms with van der Waals surface area (Å²) in [6.07, 6.45) is 0.883. The first-order valence-electron chi connectivity index (χ1n) is 10.6. The maximum Gasteiger partial charge on any atom is 0.180 e. The second-order valence-electron chi connectivity index (χ2n) is 7.29. The van der Waals surface area contributed by atoms with Crippen LogP contribution in [0.3, 0.4) is 0 Å². The molecule has 3 aromatic carbocycles. The molecule has 0 spiro atoms. The molecular weight excluding hydrogens is 410 g/mol. The molecule has 0 aliphatic rings. The second kappa shape index (κ2) is 11.6. The van der Waals surface area contributed by atoms with Gasteiger partial charge in [0.2, 0.25) is 0 Å². The molecule has 0 amide bonds. The third-order valence-corrected chi connectivity index (χ3v) is 5.38. The Hall–Kier alpha value is -2.69. The van der Waals surface area contributed by atoms with Crippen LogP contribution in [0.2, 0.25) is 5.02 Å². The number of ether oxygens (including phenoxy) is 3. The molecule has 0 radical (unpaired) electrons. The largest absolute Gasteiger partial charge is 0.496 e. The number of halogens is 1. The van der Waals surface area contributed by atoms with Gasteiger partial charge in [0.1, 0.15) is 12.4 Å². The third-order valence-electron chi connectivity index (χ3n) is 5.10. The van der Waals surface area contributed by atoms with Crippen LogP contribution in [0.5, 0.6) is 17.2 Å². The number of nitrogens with one attached hydrogen (secondary N) is 1. The van der Waals surface area contributed by atoms with Crippen molar-refractivity contribution < 1.29 is 14.2 Å². The molecule has 3 aromatic rings. The lowest BCUT2D eigenvalue weighted by Gasteiger charge is -2.16. The Labute approximate surface area is 190 Å². The third kappa shape index (κ3) is 6.39. The average Bonchev–Trinajstić information content (AvgIpc) is 2.77. The number of hydrogen-bond donors (Lipinski definition) is 1. The van der Waals surface area contributed by atoms with Crippen molar-refractivity contribution in [1.29, 1.82) is 0 Å². The molecule has 31 heavy (non-hydrogen) atoms.